The van der Waals surface area contributed by atoms with Gasteiger partial charge in [-0.3, -0.25) is 9.59 Å². The quantitative estimate of drug-likeness (QED) is 0.827. The van der Waals surface area contributed by atoms with Gasteiger partial charge in [0.15, 0.2) is 11.5 Å². The zero-order valence-electron chi connectivity index (χ0n) is 17.0. The second kappa shape index (κ2) is 8.04. The topological polar surface area (TPSA) is 85.2 Å². The third-order valence-corrected chi connectivity index (χ3v) is 4.45. The Morgan fingerprint density at radius 3 is 2.50 bits per heavy atom. The lowest BCUT2D eigenvalue weighted by molar-refractivity contribution is 0.0903. The van der Waals surface area contributed by atoms with Gasteiger partial charge in [0.2, 0.25) is 0 Å². The number of hydrogen-bond acceptors (Lipinski definition) is 4. The van der Waals surface area contributed by atoms with E-state index in [4.69, 9.17) is 4.74 Å². The minimum absolute atomic E-state index is 0.254. The number of imidazole rings is 1. The molecule has 1 aromatic carbocycles. The van der Waals surface area contributed by atoms with Crippen molar-refractivity contribution in [2.75, 3.05) is 11.9 Å². The summed E-state index contributed by atoms with van der Waals surface area (Å²) in [4.78, 5) is 30.0. The van der Waals surface area contributed by atoms with Crippen molar-refractivity contribution < 1.29 is 14.3 Å². The van der Waals surface area contributed by atoms with Crippen LogP contribution < -0.4 is 15.4 Å². The van der Waals surface area contributed by atoms with Gasteiger partial charge in [-0.2, -0.15) is 0 Å². The van der Waals surface area contributed by atoms with E-state index in [2.05, 4.69) is 15.6 Å². The van der Waals surface area contributed by atoms with E-state index < -0.39 is 0 Å². The van der Waals surface area contributed by atoms with Crippen molar-refractivity contribution in [3.8, 4) is 5.75 Å². The number of fused-ring (bicyclic) bond motifs is 1. The molecule has 0 atom stereocenters. The van der Waals surface area contributed by atoms with Crippen LogP contribution in [0.15, 0.2) is 24.3 Å². The van der Waals surface area contributed by atoms with Crippen LogP contribution >= 0.6 is 0 Å². The van der Waals surface area contributed by atoms with Crippen molar-refractivity contribution in [2.24, 2.45) is 0 Å². The minimum atomic E-state index is -0.372. The first kappa shape index (κ1) is 19.9. The highest BCUT2D eigenvalue weighted by Gasteiger charge is 2.29. The largest absolute Gasteiger partial charge is 0.494 e. The Morgan fingerprint density at radius 1 is 1.14 bits per heavy atom. The van der Waals surface area contributed by atoms with Crippen molar-refractivity contribution in [2.45, 2.75) is 59.0 Å². The maximum atomic E-state index is 12.9. The molecule has 2 heterocycles. The molecule has 0 spiro atoms. The number of amides is 2. The zero-order chi connectivity index (χ0) is 20.3. The predicted molar refractivity (Wildman–Crippen MR) is 108 cm³/mol. The van der Waals surface area contributed by atoms with Crippen molar-refractivity contribution in [3.05, 3.63) is 41.5 Å². The molecule has 7 heteroatoms. The molecule has 0 saturated carbocycles. The summed E-state index contributed by atoms with van der Waals surface area (Å²) in [5, 5.41) is 5.81. The first-order chi connectivity index (χ1) is 13.3. The summed E-state index contributed by atoms with van der Waals surface area (Å²) in [6, 6.07) is 7.20. The SMILES string of the molecule is CCOc1ccc(NC(=O)c2nc(C(=O)NC(C)(C)C)n3c2CCCC3)cc1. The summed E-state index contributed by atoms with van der Waals surface area (Å²) in [7, 11) is 0. The molecule has 0 unspecified atom stereocenters. The highest BCUT2D eigenvalue weighted by Crippen LogP contribution is 2.23. The fourth-order valence-corrected chi connectivity index (χ4v) is 3.29. The number of aromatic nitrogens is 2. The summed E-state index contributed by atoms with van der Waals surface area (Å²) in [6.07, 6.45) is 2.69. The maximum absolute atomic E-state index is 12.9. The summed E-state index contributed by atoms with van der Waals surface area (Å²) in [6.45, 7) is 8.97. The second-order valence-corrected chi connectivity index (χ2v) is 7.96. The van der Waals surface area contributed by atoms with Gasteiger partial charge in [0.1, 0.15) is 5.75 Å². The fraction of sp³-hybridized carbons (Fsp3) is 0.476. The van der Waals surface area contributed by atoms with E-state index in [1.54, 1.807) is 12.1 Å². The average molecular weight is 384 g/mol. The predicted octanol–water partition coefficient (Wildman–Crippen LogP) is 3.40. The van der Waals surface area contributed by atoms with Crippen molar-refractivity contribution >= 4 is 17.5 Å². The second-order valence-electron chi connectivity index (χ2n) is 7.96. The Labute approximate surface area is 165 Å². The number of benzene rings is 1. The monoisotopic (exact) mass is 384 g/mol. The number of nitrogens with zero attached hydrogens (tertiary/aromatic N) is 2. The Hall–Kier alpha value is -2.83. The van der Waals surface area contributed by atoms with Crippen LogP contribution in [-0.4, -0.2) is 33.5 Å². The highest BCUT2D eigenvalue weighted by molar-refractivity contribution is 6.05. The number of carbonyl (C=O) groups is 2. The lowest BCUT2D eigenvalue weighted by atomic mass is 10.1. The molecule has 1 aromatic heterocycles. The van der Waals surface area contributed by atoms with E-state index in [-0.39, 0.29) is 17.4 Å². The number of rotatable bonds is 5. The van der Waals surface area contributed by atoms with Crippen LogP contribution in [0, 0.1) is 0 Å². The van der Waals surface area contributed by atoms with Gasteiger partial charge in [0, 0.05) is 17.8 Å². The Balaban J connectivity index is 1.84. The molecule has 150 valence electrons. The molecule has 2 N–H and O–H groups in total. The molecule has 28 heavy (non-hydrogen) atoms. The summed E-state index contributed by atoms with van der Waals surface area (Å²) in [5.41, 5.74) is 1.44. The molecule has 0 aliphatic carbocycles. The third-order valence-electron chi connectivity index (χ3n) is 4.45. The van der Waals surface area contributed by atoms with Gasteiger partial charge in [-0.05, 0) is 71.2 Å². The molecule has 0 fully saturated rings. The van der Waals surface area contributed by atoms with Crippen LogP contribution in [0.3, 0.4) is 0 Å². The number of carbonyl (C=O) groups excluding carboxylic acids is 2. The van der Waals surface area contributed by atoms with Gasteiger partial charge >= 0.3 is 0 Å². The standard InChI is InChI=1S/C21H28N4O3/c1-5-28-15-11-9-14(10-12-15)22-19(26)17-16-8-6-7-13-25(16)18(23-17)20(27)24-21(2,3)4/h9-12H,5-8,13H2,1-4H3,(H,22,26)(H,24,27). The molecular weight excluding hydrogens is 356 g/mol. The molecule has 0 saturated heterocycles. The molecule has 0 radical (unpaired) electrons. The van der Waals surface area contributed by atoms with Gasteiger partial charge in [-0.1, -0.05) is 0 Å². The summed E-state index contributed by atoms with van der Waals surface area (Å²) < 4.78 is 7.31. The van der Waals surface area contributed by atoms with E-state index in [1.807, 2.05) is 44.4 Å². The lowest BCUT2D eigenvalue weighted by Gasteiger charge is -2.22. The molecule has 7 nitrogen and oxygen atoms in total. The van der Waals surface area contributed by atoms with Crippen molar-refractivity contribution in [3.63, 3.8) is 0 Å². The van der Waals surface area contributed by atoms with Crippen LogP contribution in [0.5, 0.6) is 5.75 Å². The first-order valence-corrected chi connectivity index (χ1v) is 9.74. The minimum Gasteiger partial charge on any atom is -0.494 e. The van der Waals surface area contributed by atoms with Gasteiger partial charge in [0.05, 0.1) is 12.3 Å². The molecule has 1 aliphatic heterocycles. The average Bonchev–Trinajstić information content (AvgIpc) is 3.02. The van der Waals surface area contributed by atoms with E-state index in [9.17, 15) is 9.59 Å². The Morgan fingerprint density at radius 2 is 1.86 bits per heavy atom. The van der Waals surface area contributed by atoms with Gasteiger partial charge in [-0.15, -0.1) is 0 Å². The van der Waals surface area contributed by atoms with Crippen LogP contribution in [0.1, 0.15) is 67.3 Å². The molecular formula is C21H28N4O3. The number of anilines is 1. The fourth-order valence-electron chi connectivity index (χ4n) is 3.29. The Bertz CT molecular complexity index is 863. The van der Waals surface area contributed by atoms with Crippen LogP contribution in [-0.2, 0) is 13.0 Å². The normalized spacial score (nSPS) is 13.6. The van der Waals surface area contributed by atoms with Crippen molar-refractivity contribution in [1.82, 2.24) is 14.9 Å². The lowest BCUT2D eigenvalue weighted by Crippen LogP contribution is -2.42. The highest BCUT2D eigenvalue weighted by atomic mass is 16.5. The van der Waals surface area contributed by atoms with Gasteiger partial charge in [-0.25, -0.2) is 4.98 Å². The zero-order valence-corrected chi connectivity index (χ0v) is 17.0. The van der Waals surface area contributed by atoms with Crippen LogP contribution in [0.25, 0.3) is 0 Å². The number of ether oxygens (including phenoxy) is 1. The summed E-state index contributed by atoms with van der Waals surface area (Å²) in [5.74, 6) is 0.503. The van der Waals surface area contributed by atoms with Crippen LogP contribution in [0.4, 0.5) is 5.69 Å². The number of hydrogen-bond donors (Lipinski definition) is 2. The summed E-state index contributed by atoms with van der Waals surface area (Å²) >= 11 is 0. The van der Waals surface area contributed by atoms with E-state index in [0.29, 0.717) is 30.4 Å². The third kappa shape index (κ3) is 4.52. The molecule has 0 bridgehead atoms. The number of nitrogens with one attached hydrogen (secondary N) is 2. The first-order valence-electron chi connectivity index (χ1n) is 9.74. The molecule has 2 amide bonds. The molecule has 1 aliphatic rings. The van der Waals surface area contributed by atoms with Crippen molar-refractivity contribution in [1.29, 1.82) is 0 Å². The Kier molecular flexibility index (Phi) is 5.72. The van der Waals surface area contributed by atoms with E-state index in [0.717, 1.165) is 30.7 Å². The smallest absolute Gasteiger partial charge is 0.287 e. The maximum Gasteiger partial charge on any atom is 0.287 e. The van der Waals surface area contributed by atoms with E-state index >= 15 is 0 Å². The van der Waals surface area contributed by atoms with Crippen LogP contribution in [0.2, 0.25) is 0 Å². The van der Waals surface area contributed by atoms with Gasteiger partial charge in [0.25, 0.3) is 11.8 Å². The molecule has 3 rings (SSSR count). The van der Waals surface area contributed by atoms with E-state index in [1.165, 1.54) is 0 Å². The molecule has 2 aromatic rings. The van der Waals surface area contributed by atoms with Gasteiger partial charge < -0.3 is 19.9 Å².